The van der Waals surface area contributed by atoms with E-state index in [1.807, 2.05) is 0 Å². The van der Waals surface area contributed by atoms with Gasteiger partial charge in [0.2, 0.25) is 11.8 Å². The van der Waals surface area contributed by atoms with Crippen LogP contribution >= 0.6 is 11.8 Å². The second-order valence-corrected chi connectivity index (χ2v) is 4.62. The number of carbonyl (C=O) groups excluding carboxylic acids is 3. The highest BCUT2D eigenvalue weighted by Gasteiger charge is 2.07. The number of nitrogens with zero attached hydrogens (tertiary/aromatic N) is 1. The minimum atomic E-state index is -0.439. The second kappa shape index (κ2) is 8.09. The molecule has 102 valence electrons. The van der Waals surface area contributed by atoms with Crippen LogP contribution in [0.25, 0.3) is 0 Å². The van der Waals surface area contributed by atoms with Crippen LogP contribution in [-0.2, 0) is 9.59 Å². The standard InChI is InChI=1S/C11H14N4O3S/c12-9(16)7-19-5-3-10(17)14-15-11(18)8-2-1-4-13-6-8/h1-2,4,6H,3,5,7H2,(H2,12,16)(H,14,17)(H,15,18). The average Bonchev–Trinajstić information content (AvgIpc) is 2.41. The molecule has 1 aromatic heterocycles. The summed E-state index contributed by atoms with van der Waals surface area (Å²) < 4.78 is 0. The van der Waals surface area contributed by atoms with Gasteiger partial charge in [0.05, 0.1) is 11.3 Å². The monoisotopic (exact) mass is 282 g/mol. The summed E-state index contributed by atoms with van der Waals surface area (Å²) in [6, 6.07) is 3.20. The zero-order valence-electron chi connectivity index (χ0n) is 10.1. The van der Waals surface area contributed by atoms with E-state index in [1.165, 1.54) is 18.0 Å². The molecule has 0 unspecified atom stereocenters. The van der Waals surface area contributed by atoms with E-state index in [0.717, 1.165) is 0 Å². The second-order valence-electron chi connectivity index (χ2n) is 3.51. The first kappa shape index (κ1) is 15.0. The van der Waals surface area contributed by atoms with Crippen molar-refractivity contribution in [2.75, 3.05) is 11.5 Å². The molecule has 4 N–H and O–H groups in total. The smallest absolute Gasteiger partial charge is 0.271 e. The van der Waals surface area contributed by atoms with E-state index >= 15 is 0 Å². The number of hydrogen-bond donors (Lipinski definition) is 3. The highest BCUT2D eigenvalue weighted by molar-refractivity contribution is 7.99. The molecular formula is C11H14N4O3S. The van der Waals surface area contributed by atoms with E-state index in [9.17, 15) is 14.4 Å². The largest absolute Gasteiger partial charge is 0.369 e. The minimum absolute atomic E-state index is 0.176. The van der Waals surface area contributed by atoms with Gasteiger partial charge in [-0.05, 0) is 12.1 Å². The summed E-state index contributed by atoms with van der Waals surface area (Å²) in [5.74, 6) is -0.567. The van der Waals surface area contributed by atoms with Gasteiger partial charge in [0.15, 0.2) is 0 Å². The summed E-state index contributed by atoms with van der Waals surface area (Å²) >= 11 is 1.26. The highest BCUT2D eigenvalue weighted by Crippen LogP contribution is 2.00. The first-order valence-electron chi connectivity index (χ1n) is 5.45. The Bertz CT molecular complexity index is 453. The van der Waals surface area contributed by atoms with E-state index in [-0.39, 0.29) is 18.1 Å². The lowest BCUT2D eigenvalue weighted by atomic mass is 10.3. The third-order valence-corrected chi connectivity index (χ3v) is 2.94. The Balaban J connectivity index is 2.20. The van der Waals surface area contributed by atoms with Crippen LogP contribution < -0.4 is 16.6 Å². The van der Waals surface area contributed by atoms with Gasteiger partial charge in [0, 0.05) is 24.6 Å². The van der Waals surface area contributed by atoms with Gasteiger partial charge >= 0.3 is 0 Å². The summed E-state index contributed by atoms with van der Waals surface area (Å²) in [7, 11) is 0. The molecule has 0 aliphatic heterocycles. The number of rotatable bonds is 6. The summed E-state index contributed by atoms with van der Waals surface area (Å²) in [6.07, 6.45) is 3.13. The number of hydrogen-bond acceptors (Lipinski definition) is 5. The Labute approximate surface area is 114 Å². The van der Waals surface area contributed by atoms with Crippen molar-refractivity contribution in [2.45, 2.75) is 6.42 Å². The molecule has 0 fully saturated rings. The number of primary amides is 1. The lowest BCUT2D eigenvalue weighted by molar-refractivity contribution is -0.121. The number of thioether (sulfide) groups is 1. The van der Waals surface area contributed by atoms with Gasteiger partial charge in [-0.15, -0.1) is 0 Å². The quantitative estimate of drug-likeness (QED) is 0.478. The van der Waals surface area contributed by atoms with Crippen molar-refractivity contribution < 1.29 is 14.4 Å². The van der Waals surface area contributed by atoms with Crippen LogP contribution in [0.1, 0.15) is 16.8 Å². The number of carbonyl (C=O) groups is 3. The van der Waals surface area contributed by atoms with Crippen LogP contribution in [0.15, 0.2) is 24.5 Å². The molecule has 0 aliphatic rings. The van der Waals surface area contributed by atoms with E-state index < -0.39 is 11.8 Å². The molecular weight excluding hydrogens is 268 g/mol. The summed E-state index contributed by atoms with van der Waals surface area (Å²) in [4.78, 5) is 37.1. The number of nitrogens with one attached hydrogen (secondary N) is 2. The zero-order valence-corrected chi connectivity index (χ0v) is 10.9. The van der Waals surface area contributed by atoms with E-state index in [4.69, 9.17) is 5.73 Å². The summed E-state index contributed by atoms with van der Waals surface area (Å²) in [5.41, 5.74) is 9.84. The number of hydrazine groups is 1. The predicted octanol–water partition coefficient (Wildman–Crippen LogP) is -0.549. The lowest BCUT2D eigenvalue weighted by Gasteiger charge is -2.06. The van der Waals surface area contributed by atoms with Crippen molar-refractivity contribution in [1.82, 2.24) is 15.8 Å². The van der Waals surface area contributed by atoms with Crippen molar-refractivity contribution >= 4 is 29.5 Å². The third-order valence-electron chi connectivity index (χ3n) is 1.96. The van der Waals surface area contributed by atoms with Crippen LogP contribution in [0.2, 0.25) is 0 Å². The van der Waals surface area contributed by atoms with E-state index in [0.29, 0.717) is 11.3 Å². The molecule has 0 saturated carbocycles. The lowest BCUT2D eigenvalue weighted by Crippen LogP contribution is -2.41. The molecule has 1 heterocycles. The van der Waals surface area contributed by atoms with Crippen LogP contribution in [0, 0.1) is 0 Å². The zero-order chi connectivity index (χ0) is 14.1. The fourth-order valence-electron chi connectivity index (χ4n) is 1.10. The topological polar surface area (TPSA) is 114 Å². The molecule has 7 nitrogen and oxygen atoms in total. The Kier molecular flexibility index (Phi) is 6.37. The van der Waals surface area contributed by atoms with Crippen molar-refractivity contribution in [3.63, 3.8) is 0 Å². The molecule has 0 spiro atoms. The van der Waals surface area contributed by atoms with E-state index in [2.05, 4.69) is 15.8 Å². The minimum Gasteiger partial charge on any atom is -0.369 e. The first-order chi connectivity index (χ1) is 9.09. The number of nitrogens with two attached hydrogens (primary N) is 1. The Morgan fingerprint density at radius 1 is 1.32 bits per heavy atom. The van der Waals surface area contributed by atoms with Crippen LogP contribution in [0.4, 0.5) is 0 Å². The molecule has 0 aliphatic carbocycles. The van der Waals surface area contributed by atoms with Gasteiger partial charge in [-0.3, -0.25) is 30.2 Å². The predicted molar refractivity (Wildman–Crippen MR) is 71.0 cm³/mol. The van der Waals surface area contributed by atoms with Crippen molar-refractivity contribution in [3.05, 3.63) is 30.1 Å². The fourth-order valence-corrected chi connectivity index (χ4v) is 1.77. The Morgan fingerprint density at radius 2 is 2.11 bits per heavy atom. The van der Waals surface area contributed by atoms with Gasteiger partial charge in [0.25, 0.3) is 5.91 Å². The molecule has 0 saturated heterocycles. The maximum atomic E-state index is 11.5. The number of aromatic nitrogens is 1. The highest BCUT2D eigenvalue weighted by atomic mass is 32.2. The number of amides is 3. The average molecular weight is 282 g/mol. The maximum Gasteiger partial charge on any atom is 0.271 e. The summed E-state index contributed by atoms with van der Waals surface area (Å²) in [6.45, 7) is 0. The van der Waals surface area contributed by atoms with Crippen LogP contribution in [0.3, 0.4) is 0 Å². The number of pyridine rings is 1. The van der Waals surface area contributed by atoms with Crippen molar-refractivity contribution in [3.8, 4) is 0 Å². The Morgan fingerprint density at radius 3 is 2.74 bits per heavy atom. The molecule has 0 radical (unpaired) electrons. The summed E-state index contributed by atoms with van der Waals surface area (Å²) in [5, 5.41) is 0. The Hall–Kier alpha value is -2.09. The molecule has 3 amide bonds. The van der Waals surface area contributed by atoms with Gasteiger partial charge in [-0.2, -0.15) is 11.8 Å². The molecule has 19 heavy (non-hydrogen) atoms. The van der Waals surface area contributed by atoms with Gasteiger partial charge in [-0.1, -0.05) is 0 Å². The molecule has 8 heteroatoms. The van der Waals surface area contributed by atoms with Crippen LogP contribution in [-0.4, -0.2) is 34.2 Å². The van der Waals surface area contributed by atoms with Gasteiger partial charge < -0.3 is 5.73 Å². The maximum absolute atomic E-state index is 11.5. The van der Waals surface area contributed by atoms with Crippen LogP contribution in [0.5, 0.6) is 0 Å². The molecule has 0 aromatic carbocycles. The molecule has 1 aromatic rings. The van der Waals surface area contributed by atoms with Crippen molar-refractivity contribution in [1.29, 1.82) is 0 Å². The molecule has 1 rings (SSSR count). The van der Waals surface area contributed by atoms with Gasteiger partial charge in [0.1, 0.15) is 0 Å². The first-order valence-corrected chi connectivity index (χ1v) is 6.60. The normalized spacial score (nSPS) is 9.68. The SMILES string of the molecule is NC(=O)CSCCC(=O)NNC(=O)c1cccnc1. The van der Waals surface area contributed by atoms with Gasteiger partial charge in [-0.25, -0.2) is 0 Å². The van der Waals surface area contributed by atoms with E-state index in [1.54, 1.807) is 18.3 Å². The molecule has 0 atom stereocenters. The fraction of sp³-hybridized carbons (Fsp3) is 0.273. The van der Waals surface area contributed by atoms with Crippen molar-refractivity contribution in [2.24, 2.45) is 5.73 Å². The third kappa shape index (κ3) is 6.41. The molecule has 0 bridgehead atoms.